The Hall–Kier alpha value is -0.870. The summed E-state index contributed by atoms with van der Waals surface area (Å²) in [5, 5.41) is 0. The van der Waals surface area contributed by atoms with Gasteiger partial charge < -0.3 is 0 Å². The number of hydrogen-bond acceptors (Lipinski definition) is 2. The van der Waals surface area contributed by atoms with E-state index >= 15 is 0 Å². The highest BCUT2D eigenvalue weighted by atomic mass is 32.2. The van der Waals surface area contributed by atoms with E-state index in [1.54, 1.807) is 12.1 Å². The number of nitrogens with one attached hydrogen (secondary N) is 1. The maximum Gasteiger partial charge on any atom is 0.240 e. The fourth-order valence-corrected chi connectivity index (χ4v) is 3.34. The van der Waals surface area contributed by atoms with Crippen LogP contribution >= 0.6 is 0 Å². The van der Waals surface area contributed by atoms with Gasteiger partial charge >= 0.3 is 0 Å². The molecule has 0 heterocycles. The maximum absolute atomic E-state index is 12.3. The zero-order valence-electron chi connectivity index (χ0n) is 13.1. The molecule has 1 aromatic carbocycles. The molecule has 0 bridgehead atoms. The minimum Gasteiger partial charge on any atom is -0.211 e. The van der Waals surface area contributed by atoms with Crippen LogP contribution in [-0.4, -0.2) is 15.0 Å². The van der Waals surface area contributed by atoms with Crippen LogP contribution in [0.5, 0.6) is 0 Å². The van der Waals surface area contributed by atoms with Crippen LogP contribution in [0.1, 0.15) is 50.7 Å². The summed E-state index contributed by atoms with van der Waals surface area (Å²) in [7, 11) is -3.38. The third-order valence-electron chi connectivity index (χ3n) is 3.89. The first-order valence-electron chi connectivity index (χ1n) is 7.47. The highest BCUT2D eigenvalue weighted by molar-refractivity contribution is 7.89. The minimum absolute atomic E-state index is 0.367. The van der Waals surface area contributed by atoms with E-state index in [1.807, 2.05) is 19.9 Å². The third kappa shape index (κ3) is 4.91. The number of sulfonamides is 1. The fourth-order valence-electron chi connectivity index (χ4n) is 2.14. The lowest BCUT2D eigenvalue weighted by Crippen LogP contribution is -2.29. The summed E-state index contributed by atoms with van der Waals surface area (Å²) in [6, 6.07) is 5.28. The molecule has 0 radical (unpaired) electrons. The molecule has 1 N–H and O–H groups in total. The summed E-state index contributed by atoms with van der Waals surface area (Å²) in [6.07, 6.45) is 4.40. The van der Waals surface area contributed by atoms with Crippen molar-refractivity contribution in [2.75, 3.05) is 6.54 Å². The lowest BCUT2D eigenvalue weighted by molar-refractivity contribution is 0.443. The highest BCUT2D eigenvalue weighted by Gasteiger charge is 2.16. The summed E-state index contributed by atoms with van der Waals surface area (Å²) >= 11 is 0. The Morgan fingerprint density at radius 1 is 1.15 bits per heavy atom. The van der Waals surface area contributed by atoms with Gasteiger partial charge in [-0.25, -0.2) is 13.1 Å². The molecule has 0 saturated carbocycles. The van der Waals surface area contributed by atoms with Crippen molar-refractivity contribution in [3.05, 3.63) is 29.3 Å². The van der Waals surface area contributed by atoms with Gasteiger partial charge in [-0.2, -0.15) is 0 Å². The Labute approximate surface area is 123 Å². The van der Waals surface area contributed by atoms with E-state index < -0.39 is 10.0 Å². The predicted octanol–water partition coefficient (Wildman–Crippen LogP) is 3.80. The minimum atomic E-state index is -3.38. The Morgan fingerprint density at radius 2 is 1.85 bits per heavy atom. The second-order valence-corrected chi connectivity index (χ2v) is 7.28. The van der Waals surface area contributed by atoms with Crippen molar-refractivity contribution in [2.24, 2.45) is 5.92 Å². The first kappa shape index (κ1) is 17.2. The van der Waals surface area contributed by atoms with E-state index in [2.05, 4.69) is 18.6 Å². The number of rotatable bonds is 8. The number of aryl methyl sites for hydroxylation is 2. The van der Waals surface area contributed by atoms with Gasteiger partial charge in [-0.15, -0.1) is 0 Å². The largest absolute Gasteiger partial charge is 0.240 e. The molecule has 1 rings (SSSR count). The molecule has 0 aliphatic heterocycles. The van der Waals surface area contributed by atoms with Gasteiger partial charge in [0.2, 0.25) is 10.0 Å². The van der Waals surface area contributed by atoms with Crippen LogP contribution < -0.4 is 4.72 Å². The fraction of sp³-hybridized carbons (Fsp3) is 0.625. The van der Waals surface area contributed by atoms with Gasteiger partial charge in [0, 0.05) is 6.54 Å². The van der Waals surface area contributed by atoms with E-state index in [1.165, 1.54) is 0 Å². The van der Waals surface area contributed by atoms with Gasteiger partial charge in [-0.3, -0.25) is 0 Å². The molecule has 0 amide bonds. The SMILES string of the molecule is CCCCC(CC)CNS(=O)(=O)c1ccc(C)c(C)c1. The van der Waals surface area contributed by atoms with Crippen LogP contribution in [0.3, 0.4) is 0 Å². The predicted molar refractivity (Wildman–Crippen MR) is 84.4 cm³/mol. The average molecular weight is 297 g/mol. The van der Waals surface area contributed by atoms with E-state index in [4.69, 9.17) is 0 Å². The molecule has 4 heteroatoms. The van der Waals surface area contributed by atoms with Crippen molar-refractivity contribution in [3.63, 3.8) is 0 Å². The molecule has 0 fully saturated rings. The molecule has 1 atom stereocenters. The number of hydrogen-bond donors (Lipinski definition) is 1. The Morgan fingerprint density at radius 3 is 2.40 bits per heavy atom. The summed E-state index contributed by atoms with van der Waals surface area (Å²) in [5.41, 5.74) is 2.12. The molecule has 0 saturated heterocycles. The topological polar surface area (TPSA) is 46.2 Å². The van der Waals surface area contributed by atoms with Gasteiger partial charge in [0.05, 0.1) is 4.90 Å². The van der Waals surface area contributed by atoms with Crippen LogP contribution in [-0.2, 0) is 10.0 Å². The van der Waals surface area contributed by atoms with Crippen LogP contribution in [0.25, 0.3) is 0 Å². The standard InChI is InChI=1S/C16H27NO2S/c1-5-7-8-15(6-2)12-17-20(18,19)16-10-9-13(3)14(4)11-16/h9-11,15,17H,5-8,12H2,1-4H3. The molecular formula is C16H27NO2S. The van der Waals surface area contributed by atoms with Gasteiger partial charge in [0.1, 0.15) is 0 Å². The van der Waals surface area contributed by atoms with E-state index in [0.29, 0.717) is 17.4 Å². The van der Waals surface area contributed by atoms with Crippen molar-refractivity contribution in [1.29, 1.82) is 0 Å². The molecule has 20 heavy (non-hydrogen) atoms. The van der Waals surface area contributed by atoms with Crippen molar-refractivity contribution in [2.45, 2.75) is 58.3 Å². The van der Waals surface area contributed by atoms with Crippen LogP contribution in [0.2, 0.25) is 0 Å². The van der Waals surface area contributed by atoms with E-state index in [9.17, 15) is 8.42 Å². The normalized spacial score (nSPS) is 13.4. The van der Waals surface area contributed by atoms with E-state index in [-0.39, 0.29) is 0 Å². The molecule has 0 aromatic heterocycles. The van der Waals surface area contributed by atoms with Crippen LogP contribution in [0, 0.1) is 19.8 Å². The molecule has 3 nitrogen and oxygen atoms in total. The van der Waals surface area contributed by atoms with Crippen molar-refractivity contribution in [1.82, 2.24) is 4.72 Å². The molecule has 0 aliphatic carbocycles. The van der Waals surface area contributed by atoms with Gasteiger partial charge in [0.25, 0.3) is 0 Å². The molecule has 1 unspecified atom stereocenters. The Bertz CT molecular complexity index is 523. The van der Waals surface area contributed by atoms with Gasteiger partial charge in [0.15, 0.2) is 0 Å². The van der Waals surface area contributed by atoms with Crippen molar-refractivity contribution < 1.29 is 8.42 Å². The molecule has 114 valence electrons. The lowest BCUT2D eigenvalue weighted by atomic mass is 10.00. The highest BCUT2D eigenvalue weighted by Crippen LogP contribution is 2.16. The smallest absolute Gasteiger partial charge is 0.211 e. The Balaban J connectivity index is 2.71. The second-order valence-electron chi connectivity index (χ2n) is 5.51. The summed E-state index contributed by atoms with van der Waals surface area (Å²) < 4.78 is 27.3. The summed E-state index contributed by atoms with van der Waals surface area (Å²) in [4.78, 5) is 0.367. The monoisotopic (exact) mass is 297 g/mol. The van der Waals surface area contributed by atoms with Gasteiger partial charge in [-0.05, 0) is 49.4 Å². The first-order chi connectivity index (χ1) is 9.40. The van der Waals surface area contributed by atoms with Crippen molar-refractivity contribution >= 4 is 10.0 Å². The molecule has 0 aliphatic rings. The number of unbranched alkanes of at least 4 members (excludes halogenated alkanes) is 1. The molecule has 1 aromatic rings. The molecule has 0 spiro atoms. The number of benzene rings is 1. The van der Waals surface area contributed by atoms with Gasteiger partial charge in [-0.1, -0.05) is 39.2 Å². The zero-order valence-corrected chi connectivity index (χ0v) is 13.9. The maximum atomic E-state index is 12.3. The summed E-state index contributed by atoms with van der Waals surface area (Å²) in [6.45, 7) is 8.73. The quantitative estimate of drug-likeness (QED) is 0.793. The molecular weight excluding hydrogens is 270 g/mol. The lowest BCUT2D eigenvalue weighted by Gasteiger charge is -2.15. The van der Waals surface area contributed by atoms with Crippen molar-refractivity contribution in [3.8, 4) is 0 Å². The second kappa shape index (κ2) is 7.79. The van der Waals surface area contributed by atoms with E-state index in [0.717, 1.165) is 36.8 Å². The average Bonchev–Trinajstić information content (AvgIpc) is 2.42. The third-order valence-corrected chi connectivity index (χ3v) is 5.32. The van der Waals surface area contributed by atoms with Crippen LogP contribution in [0.15, 0.2) is 23.1 Å². The Kier molecular flexibility index (Phi) is 6.69. The van der Waals surface area contributed by atoms with Crippen LogP contribution in [0.4, 0.5) is 0 Å². The summed E-state index contributed by atoms with van der Waals surface area (Å²) in [5.74, 6) is 0.427. The first-order valence-corrected chi connectivity index (χ1v) is 8.96. The zero-order chi connectivity index (χ0) is 15.2.